The highest BCUT2D eigenvalue weighted by molar-refractivity contribution is 5.76. The van der Waals surface area contributed by atoms with Gasteiger partial charge in [-0.2, -0.15) is 0 Å². The Bertz CT molecular complexity index is 566. The molecule has 0 fully saturated rings. The molecular formula is C16H20N2O2. The zero-order valence-corrected chi connectivity index (χ0v) is 12.2. The number of hydrogen-bond donors (Lipinski definition) is 1. The monoisotopic (exact) mass is 272 g/mol. The van der Waals surface area contributed by atoms with Gasteiger partial charge in [0.15, 0.2) is 0 Å². The molecule has 0 atom stereocenters. The maximum absolute atomic E-state index is 11.8. The first-order valence-corrected chi connectivity index (χ1v) is 6.80. The van der Waals surface area contributed by atoms with Crippen molar-refractivity contribution >= 4 is 5.91 Å². The number of aryl methyl sites for hydroxylation is 4. The minimum Gasteiger partial charge on any atom is -0.361 e. The fourth-order valence-electron chi connectivity index (χ4n) is 2.04. The van der Waals surface area contributed by atoms with Gasteiger partial charge < -0.3 is 9.84 Å². The summed E-state index contributed by atoms with van der Waals surface area (Å²) in [6, 6.07) is 8.27. The minimum absolute atomic E-state index is 0.0468. The Balaban J connectivity index is 1.80. The fraction of sp³-hybridized carbons (Fsp3) is 0.375. The molecule has 0 unspecified atom stereocenters. The Morgan fingerprint density at radius 2 is 1.90 bits per heavy atom. The van der Waals surface area contributed by atoms with Crippen molar-refractivity contribution in [3.05, 3.63) is 52.4 Å². The van der Waals surface area contributed by atoms with Crippen molar-refractivity contribution < 1.29 is 9.32 Å². The molecule has 4 heteroatoms. The average Bonchev–Trinajstić information content (AvgIpc) is 2.75. The summed E-state index contributed by atoms with van der Waals surface area (Å²) in [4.78, 5) is 11.8. The number of carbonyl (C=O) groups excluding carboxylic acids is 1. The molecule has 0 spiro atoms. The number of benzene rings is 1. The summed E-state index contributed by atoms with van der Waals surface area (Å²) in [5.74, 6) is 0.812. The van der Waals surface area contributed by atoms with Gasteiger partial charge in [0.25, 0.3) is 0 Å². The molecule has 106 valence electrons. The molecule has 1 N–H and O–H groups in total. The summed E-state index contributed by atoms with van der Waals surface area (Å²) in [6.45, 7) is 6.27. The number of aromatic nitrogens is 1. The Morgan fingerprint density at radius 1 is 1.20 bits per heavy atom. The number of carbonyl (C=O) groups is 1. The third kappa shape index (κ3) is 3.70. The first-order chi connectivity index (χ1) is 9.56. The second-order valence-electron chi connectivity index (χ2n) is 5.07. The van der Waals surface area contributed by atoms with E-state index in [1.54, 1.807) is 0 Å². The van der Waals surface area contributed by atoms with E-state index in [-0.39, 0.29) is 5.91 Å². The summed E-state index contributed by atoms with van der Waals surface area (Å²) in [6.07, 6.45) is 1.25. The highest BCUT2D eigenvalue weighted by Gasteiger charge is 2.10. The molecule has 1 amide bonds. The molecule has 0 radical (unpaired) electrons. The van der Waals surface area contributed by atoms with Crippen LogP contribution in [-0.2, 0) is 17.8 Å². The third-order valence-corrected chi connectivity index (χ3v) is 3.40. The van der Waals surface area contributed by atoms with E-state index in [1.807, 2.05) is 13.8 Å². The molecule has 0 aliphatic rings. The lowest BCUT2D eigenvalue weighted by Crippen LogP contribution is -2.23. The maximum atomic E-state index is 11.8. The van der Waals surface area contributed by atoms with Gasteiger partial charge in [0.05, 0.1) is 5.69 Å². The van der Waals surface area contributed by atoms with Crippen LogP contribution in [0.5, 0.6) is 0 Å². The molecule has 2 rings (SSSR count). The molecule has 0 bridgehead atoms. The standard InChI is InChI=1S/C16H20N2O2/c1-11-4-6-14(7-5-11)8-9-16(19)17-10-15-12(2)18-20-13(15)3/h4-7H,8-10H2,1-3H3,(H,17,19). The van der Waals surface area contributed by atoms with Gasteiger partial charge in [-0.3, -0.25) is 4.79 Å². The molecule has 20 heavy (non-hydrogen) atoms. The summed E-state index contributed by atoms with van der Waals surface area (Å²) < 4.78 is 5.07. The molecule has 0 aliphatic carbocycles. The van der Waals surface area contributed by atoms with E-state index in [0.29, 0.717) is 13.0 Å². The maximum Gasteiger partial charge on any atom is 0.220 e. The van der Waals surface area contributed by atoms with Crippen LogP contribution in [0.1, 0.15) is 34.6 Å². The van der Waals surface area contributed by atoms with Crippen LogP contribution < -0.4 is 5.32 Å². The normalized spacial score (nSPS) is 10.6. The second kappa shape index (κ2) is 6.37. The molecule has 0 aliphatic heterocycles. The Labute approximate surface area is 119 Å². The van der Waals surface area contributed by atoms with Crippen LogP contribution >= 0.6 is 0 Å². The molecular weight excluding hydrogens is 252 g/mol. The van der Waals surface area contributed by atoms with Crippen molar-refractivity contribution in [2.75, 3.05) is 0 Å². The van der Waals surface area contributed by atoms with E-state index in [0.717, 1.165) is 23.4 Å². The van der Waals surface area contributed by atoms with Crippen molar-refractivity contribution in [3.63, 3.8) is 0 Å². The van der Waals surface area contributed by atoms with E-state index in [2.05, 4.69) is 41.7 Å². The van der Waals surface area contributed by atoms with Gasteiger partial charge >= 0.3 is 0 Å². The van der Waals surface area contributed by atoms with Gasteiger partial charge in [-0.25, -0.2) is 0 Å². The third-order valence-electron chi connectivity index (χ3n) is 3.40. The van der Waals surface area contributed by atoms with E-state index < -0.39 is 0 Å². The van der Waals surface area contributed by atoms with Gasteiger partial charge in [-0.05, 0) is 32.8 Å². The lowest BCUT2D eigenvalue weighted by molar-refractivity contribution is -0.121. The summed E-state index contributed by atoms with van der Waals surface area (Å²) in [5.41, 5.74) is 4.22. The molecule has 4 nitrogen and oxygen atoms in total. The molecule has 1 aromatic heterocycles. The van der Waals surface area contributed by atoms with Crippen LogP contribution in [0.25, 0.3) is 0 Å². The summed E-state index contributed by atoms with van der Waals surface area (Å²) in [7, 11) is 0. The van der Waals surface area contributed by atoms with Gasteiger partial charge in [-0.15, -0.1) is 0 Å². The minimum atomic E-state index is 0.0468. The van der Waals surface area contributed by atoms with Crippen molar-refractivity contribution in [2.45, 2.75) is 40.2 Å². The largest absolute Gasteiger partial charge is 0.361 e. The van der Waals surface area contributed by atoms with Crippen LogP contribution in [0.15, 0.2) is 28.8 Å². The highest BCUT2D eigenvalue weighted by Crippen LogP contribution is 2.11. The van der Waals surface area contributed by atoms with Crippen molar-refractivity contribution in [1.82, 2.24) is 10.5 Å². The van der Waals surface area contributed by atoms with Crippen LogP contribution in [0.3, 0.4) is 0 Å². The van der Waals surface area contributed by atoms with E-state index in [1.165, 1.54) is 11.1 Å². The van der Waals surface area contributed by atoms with Crippen molar-refractivity contribution in [1.29, 1.82) is 0 Å². The van der Waals surface area contributed by atoms with E-state index >= 15 is 0 Å². The van der Waals surface area contributed by atoms with Gasteiger partial charge in [0.1, 0.15) is 5.76 Å². The Hall–Kier alpha value is -2.10. The number of amides is 1. The van der Waals surface area contributed by atoms with Gasteiger partial charge in [0, 0.05) is 18.5 Å². The molecule has 0 saturated heterocycles. The predicted octanol–water partition coefficient (Wildman–Crippen LogP) is 2.85. The van der Waals surface area contributed by atoms with E-state index in [9.17, 15) is 4.79 Å². The Morgan fingerprint density at radius 3 is 2.50 bits per heavy atom. The number of nitrogens with zero attached hydrogens (tertiary/aromatic N) is 1. The lowest BCUT2D eigenvalue weighted by atomic mass is 10.1. The quantitative estimate of drug-likeness (QED) is 0.910. The van der Waals surface area contributed by atoms with Gasteiger partial charge in [0.2, 0.25) is 5.91 Å². The topological polar surface area (TPSA) is 55.1 Å². The molecule has 0 saturated carbocycles. The second-order valence-corrected chi connectivity index (χ2v) is 5.07. The average molecular weight is 272 g/mol. The molecule has 1 aromatic carbocycles. The first kappa shape index (κ1) is 14.3. The van der Waals surface area contributed by atoms with Crippen LogP contribution in [0.4, 0.5) is 0 Å². The highest BCUT2D eigenvalue weighted by atomic mass is 16.5. The van der Waals surface area contributed by atoms with Crippen LogP contribution in [0, 0.1) is 20.8 Å². The van der Waals surface area contributed by atoms with Crippen LogP contribution in [0.2, 0.25) is 0 Å². The number of hydrogen-bond acceptors (Lipinski definition) is 3. The lowest BCUT2D eigenvalue weighted by Gasteiger charge is -2.05. The first-order valence-electron chi connectivity index (χ1n) is 6.80. The zero-order valence-electron chi connectivity index (χ0n) is 12.2. The SMILES string of the molecule is Cc1ccc(CCC(=O)NCc2c(C)noc2C)cc1. The van der Waals surface area contributed by atoms with Crippen molar-refractivity contribution in [3.8, 4) is 0 Å². The van der Waals surface area contributed by atoms with Gasteiger partial charge in [-0.1, -0.05) is 35.0 Å². The van der Waals surface area contributed by atoms with Crippen LogP contribution in [-0.4, -0.2) is 11.1 Å². The van der Waals surface area contributed by atoms with Crippen molar-refractivity contribution in [2.24, 2.45) is 0 Å². The predicted molar refractivity (Wildman–Crippen MR) is 77.3 cm³/mol. The summed E-state index contributed by atoms with van der Waals surface area (Å²) in [5, 5.41) is 6.78. The molecule has 2 aromatic rings. The zero-order chi connectivity index (χ0) is 14.5. The Kier molecular flexibility index (Phi) is 4.56. The smallest absolute Gasteiger partial charge is 0.220 e. The molecule has 1 heterocycles. The fourth-order valence-corrected chi connectivity index (χ4v) is 2.04. The van der Waals surface area contributed by atoms with E-state index in [4.69, 9.17) is 4.52 Å². The number of rotatable bonds is 5. The number of nitrogens with one attached hydrogen (secondary N) is 1. The summed E-state index contributed by atoms with van der Waals surface area (Å²) >= 11 is 0.